The highest BCUT2D eigenvalue weighted by molar-refractivity contribution is 5.90. The van der Waals surface area contributed by atoms with E-state index in [1.807, 2.05) is 49.3 Å². The number of aryl methyl sites for hydroxylation is 7. The van der Waals surface area contributed by atoms with Crippen molar-refractivity contribution in [2.24, 2.45) is 0 Å². The van der Waals surface area contributed by atoms with Gasteiger partial charge in [-0.2, -0.15) is 13.2 Å². The van der Waals surface area contributed by atoms with Crippen LogP contribution in [0.15, 0.2) is 159 Å². The number of hydrogen-bond donors (Lipinski definition) is 0. The number of aromatic nitrogens is 6. The van der Waals surface area contributed by atoms with E-state index in [0.29, 0.717) is 6.42 Å². The molecule has 13 heteroatoms. The number of rotatable bonds is 38. The molecular weight excluding hydrogens is 1260 g/mol. The first-order valence-corrected chi connectivity index (χ1v) is 38.6. The molecule has 546 valence electrons. The molecule has 0 radical (unpaired) electrons. The Morgan fingerprint density at radius 3 is 1.02 bits per heavy atom. The van der Waals surface area contributed by atoms with Gasteiger partial charge in [0.05, 0.1) is 11.7 Å². The fourth-order valence-electron chi connectivity index (χ4n) is 12.0. The van der Waals surface area contributed by atoms with Crippen LogP contribution in [-0.4, -0.2) is 67.2 Å². The number of benzene rings is 5. The molecule has 101 heavy (non-hydrogen) atoms. The van der Waals surface area contributed by atoms with Crippen molar-refractivity contribution in [3.8, 4) is 45.3 Å². The number of carbonyl (C=O) groups is 1. The fraction of sp³-hybridized carbons (Fsp3) is 0.511. The average Bonchev–Trinajstić information content (AvgIpc) is 0.811. The van der Waals surface area contributed by atoms with Gasteiger partial charge in [-0.1, -0.05) is 295 Å². The maximum atomic E-state index is 13.6. The summed E-state index contributed by atoms with van der Waals surface area (Å²) in [4.78, 5) is 39.6. The lowest BCUT2D eigenvalue weighted by molar-refractivity contribution is -0.307. The highest BCUT2D eigenvalue weighted by Crippen LogP contribution is 2.35. The summed E-state index contributed by atoms with van der Waals surface area (Å²) in [5, 5.41) is 0. The van der Waals surface area contributed by atoms with Crippen LogP contribution in [0.25, 0.3) is 45.3 Å². The molecule has 3 atom stereocenters. The predicted octanol–water partition coefficient (Wildman–Crippen LogP) is 24.7. The minimum absolute atomic E-state index is 0.115. The van der Waals surface area contributed by atoms with Crippen LogP contribution in [0.3, 0.4) is 0 Å². The number of ether oxygens (including phenoxy) is 3. The van der Waals surface area contributed by atoms with E-state index in [9.17, 15) is 18.0 Å². The molecule has 0 spiro atoms. The van der Waals surface area contributed by atoms with E-state index in [0.717, 1.165) is 90.2 Å². The minimum atomic E-state index is -4.61. The van der Waals surface area contributed by atoms with Gasteiger partial charge in [-0.25, -0.2) is 34.7 Å². The Bertz CT molecular complexity index is 3180. The monoisotopic (exact) mass is 1380 g/mol. The van der Waals surface area contributed by atoms with Gasteiger partial charge >= 0.3 is 12.1 Å². The molecule has 8 aromatic rings. The molecule has 4 heterocycles. The van der Waals surface area contributed by atoms with E-state index >= 15 is 0 Å². The Labute approximate surface area is 605 Å². The normalized spacial score (nSPS) is 14.2. The van der Waals surface area contributed by atoms with Crippen molar-refractivity contribution in [1.29, 1.82) is 0 Å². The van der Waals surface area contributed by atoms with Gasteiger partial charge in [-0.15, -0.1) is 0 Å². The summed E-state index contributed by atoms with van der Waals surface area (Å²) >= 11 is 0. The Hall–Kier alpha value is -7.48. The van der Waals surface area contributed by atoms with Crippen LogP contribution in [0.5, 0.6) is 0 Å². The van der Waals surface area contributed by atoms with E-state index in [1.165, 1.54) is 180 Å². The van der Waals surface area contributed by atoms with Crippen LogP contribution in [0, 0.1) is 20.8 Å². The molecule has 1 saturated heterocycles. The Morgan fingerprint density at radius 1 is 0.376 bits per heavy atom. The third-order valence-corrected chi connectivity index (χ3v) is 18.4. The van der Waals surface area contributed by atoms with Crippen LogP contribution < -0.4 is 0 Å². The first-order valence-electron chi connectivity index (χ1n) is 38.6. The van der Waals surface area contributed by atoms with Gasteiger partial charge in [0.25, 0.3) is 0 Å². The molecule has 1 aliphatic heterocycles. The molecule has 9 rings (SSSR count). The molecule has 5 aromatic carbocycles. The Morgan fingerprint density at radius 2 is 0.673 bits per heavy atom. The lowest BCUT2D eigenvalue weighted by Gasteiger charge is -2.36. The third-order valence-electron chi connectivity index (χ3n) is 18.4. The standard InChI is InChI=1S/C31H41F3O4.3C19H26N2/c1-3-5-7-9-11-23-12-14-24(15-13-23)25-16-18-26(19-17-25)30(35)38-28-21-20-27(29(37-28)31(32,33)34)36-22-10-8-6-4-2;3*1-3-4-5-6-7-8-9-17-14-20-19(21-15-17)18-12-10-16(2)11-13-18/h12-19,27-29H,3-11,20-22H2,1-2H3;3*10-15H,3-9H2,1-2H3. The van der Waals surface area contributed by atoms with Crippen molar-refractivity contribution in [3.05, 3.63) is 203 Å². The quantitative estimate of drug-likeness (QED) is 0.0273. The predicted molar refractivity (Wildman–Crippen MR) is 411 cm³/mol. The van der Waals surface area contributed by atoms with Crippen LogP contribution in [0.2, 0.25) is 0 Å². The summed E-state index contributed by atoms with van der Waals surface area (Å²) in [5.74, 6) is 1.76. The number of esters is 1. The second-order valence-corrected chi connectivity index (χ2v) is 27.5. The maximum absolute atomic E-state index is 13.6. The van der Waals surface area contributed by atoms with Crippen molar-refractivity contribution >= 4 is 5.97 Å². The van der Waals surface area contributed by atoms with Crippen LogP contribution in [-0.2, 0) is 39.9 Å². The maximum Gasteiger partial charge on any atom is 0.417 e. The summed E-state index contributed by atoms with van der Waals surface area (Å²) in [5.41, 5.74) is 14.4. The van der Waals surface area contributed by atoms with E-state index in [4.69, 9.17) is 14.2 Å². The highest BCUT2D eigenvalue weighted by atomic mass is 19.4. The Kier molecular flexibility index (Phi) is 39.5. The van der Waals surface area contributed by atoms with E-state index in [-0.39, 0.29) is 25.0 Å². The number of unbranched alkanes of at least 4 members (excludes halogenated alkanes) is 21. The first kappa shape index (κ1) is 82.5. The minimum Gasteiger partial charge on any atom is -0.432 e. The molecule has 10 nitrogen and oxygen atoms in total. The molecule has 0 N–H and O–H groups in total. The van der Waals surface area contributed by atoms with Gasteiger partial charge in [0.1, 0.15) is 0 Å². The second-order valence-electron chi connectivity index (χ2n) is 27.5. The summed E-state index contributed by atoms with van der Waals surface area (Å²) in [7, 11) is 0. The number of carbonyl (C=O) groups excluding carboxylic acids is 1. The van der Waals surface area contributed by atoms with E-state index in [1.54, 1.807) is 12.1 Å². The van der Waals surface area contributed by atoms with Crippen LogP contribution >= 0.6 is 0 Å². The largest absolute Gasteiger partial charge is 0.432 e. The first-order chi connectivity index (χ1) is 49.2. The van der Waals surface area contributed by atoms with Crippen LogP contribution in [0.4, 0.5) is 13.2 Å². The van der Waals surface area contributed by atoms with Gasteiger partial charge in [0.2, 0.25) is 6.29 Å². The molecule has 0 bridgehead atoms. The van der Waals surface area contributed by atoms with Gasteiger partial charge in [0.15, 0.2) is 23.6 Å². The SMILES string of the molecule is CCCCCCCCc1cnc(-c2ccc(C)cc2)nc1.CCCCCCCCc1cnc(-c2ccc(C)cc2)nc1.CCCCCCCCc1cnc(-c2ccc(C)cc2)nc1.CCCCCCOC1CCC(OC(=O)c2ccc(-c3ccc(CCCCCC)cc3)cc2)OC1C(F)(F)F. The zero-order chi connectivity index (χ0) is 72.1. The van der Waals surface area contributed by atoms with Crippen molar-refractivity contribution in [2.45, 2.75) is 286 Å². The molecule has 3 aromatic heterocycles. The molecule has 0 saturated carbocycles. The second kappa shape index (κ2) is 48.4. The zero-order valence-corrected chi connectivity index (χ0v) is 62.5. The number of alkyl halides is 3. The molecule has 1 fully saturated rings. The van der Waals surface area contributed by atoms with Gasteiger partial charge < -0.3 is 14.2 Å². The number of halogens is 3. The molecular formula is C88H119F3N6O4. The lowest BCUT2D eigenvalue weighted by atomic mass is 10.0. The third kappa shape index (κ3) is 32.6. The Balaban J connectivity index is 0.000000221. The topological polar surface area (TPSA) is 122 Å². The molecule has 0 amide bonds. The van der Waals surface area contributed by atoms with Gasteiger partial charge in [-0.3, -0.25) is 0 Å². The lowest BCUT2D eigenvalue weighted by Crippen LogP contribution is -2.50. The van der Waals surface area contributed by atoms with Crippen LogP contribution in [0.1, 0.15) is 264 Å². The average molecular weight is 1380 g/mol. The molecule has 3 unspecified atom stereocenters. The number of nitrogens with zero attached hydrogens (tertiary/aromatic N) is 6. The number of hydrogen-bond acceptors (Lipinski definition) is 10. The summed E-state index contributed by atoms with van der Waals surface area (Å²) in [6, 6.07) is 40.4. The van der Waals surface area contributed by atoms with Crippen molar-refractivity contribution in [2.75, 3.05) is 6.61 Å². The highest BCUT2D eigenvalue weighted by Gasteiger charge is 2.50. The zero-order valence-electron chi connectivity index (χ0n) is 62.5. The molecule has 0 aliphatic carbocycles. The van der Waals surface area contributed by atoms with Crippen molar-refractivity contribution in [3.63, 3.8) is 0 Å². The molecule has 1 aliphatic rings. The van der Waals surface area contributed by atoms with Gasteiger partial charge in [-0.05, 0) is 130 Å². The van der Waals surface area contributed by atoms with Gasteiger partial charge in [0, 0.05) is 66.9 Å². The fourth-order valence-corrected chi connectivity index (χ4v) is 12.0. The summed E-state index contributed by atoms with van der Waals surface area (Å²) in [6.07, 6.45) is 40.0. The van der Waals surface area contributed by atoms with E-state index < -0.39 is 30.6 Å². The van der Waals surface area contributed by atoms with Crippen molar-refractivity contribution < 1.29 is 32.2 Å². The van der Waals surface area contributed by atoms with Crippen molar-refractivity contribution in [1.82, 2.24) is 29.9 Å². The van der Waals surface area contributed by atoms with E-state index in [2.05, 4.69) is 182 Å². The summed E-state index contributed by atoms with van der Waals surface area (Å²) in [6.45, 7) is 17.6. The summed E-state index contributed by atoms with van der Waals surface area (Å²) < 4.78 is 56.9. The smallest absolute Gasteiger partial charge is 0.417 e.